The highest BCUT2D eigenvalue weighted by Gasteiger charge is 2.30. The van der Waals surface area contributed by atoms with Crippen LogP contribution in [-0.4, -0.2) is 12.1 Å². The van der Waals surface area contributed by atoms with Crippen LogP contribution in [0, 0.1) is 17.8 Å². The molecule has 2 nitrogen and oxygen atoms in total. The first-order chi connectivity index (χ1) is 9.19. The molecular weight excluding hydrogens is 236 g/mol. The van der Waals surface area contributed by atoms with Crippen molar-refractivity contribution < 1.29 is 9.53 Å². The van der Waals surface area contributed by atoms with E-state index in [-0.39, 0.29) is 18.0 Å². The SMILES string of the molecule is CCCC1CCC(CCC2CCC(C)CC2)C(=O)O1. The normalized spacial score (nSPS) is 36.0. The van der Waals surface area contributed by atoms with Gasteiger partial charge in [-0.2, -0.15) is 0 Å². The van der Waals surface area contributed by atoms with Crippen LogP contribution in [0.15, 0.2) is 0 Å². The van der Waals surface area contributed by atoms with Crippen LogP contribution in [0.4, 0.5) is 0 Å². The first-order valence-corrected chi connectivity index (χ1v) is 8.39. The molecule has 1 heterocycles. The Balaban J connectivity index is 1.68. The maximum Gasteiger partial charge on any atom is 0.309 e. The minimum absolute atomic E-state index is 0.0916. The molecule has 1 aliphatic heterocycles. The average Bonchev–Trinajstić information content (AvgIpc) is 2.40. The Morgan fingerprint density at radius 3 is 2.37 bits per heavy atom. The summed E-state index contributed by atoms with van der Waals surface area (Å²) in [7, 11) is 0. The number of carbonyl (C=O) groups excluding carboxylic acids is 1. The monoisotopic (exact) mass is 266 g/mol. The van der Waals surface area contributed by atoms with Crippen molar-refractivity contribution in [3.8, 4) is 0 Å². The number of rotatable bonds is 5. The molecule has 2 rings (SSSR count). The largest absolute Gasteiger partial charge is 0.462 e. The molecular formula is C17H30O2. The molecule has 2 aliphatic rings. The van der Waals surface area contributed by atoms with E-state index in [9.17, 15) is 4.79 Å². The minimum atomic E-state index is 0.0916. The number of carbonyl (C=O) groups is 1. The first-order valence-electron chi connectivity index (χ1n) is 8.39. The molecule has 0 aromatic heterocycles. The summed E-state index contributed by atoms with van der Waals surface area (Å²) >= 11 is 0. The molecule has 2 fully saturated rings. The smallest absolute Gasteiger partial charge is 0.309 e. The summed E-state index contributed by atoms with van der Waals surface area (Å²) in [6, 6.07) is 0. The predicted octanol–water partition coefficient (Wildman–Crippen LogP) is 4.71. The highest BCUT2D eigenvalue weighted by atomic mass is 16.5. The lowest BCUT2D eigenvalue weighted by Crippen LogP contribution is -2.31. The van der Waals surface area contributed by atoms with E-state index < -0.39 is 0 Å². The summed E-state index contributed by atoms with van der Waals surface area (Å²) < 4.78 is 5.56. The third-order valence-electron chi connectivity index (χ3n) is 5.12. The van der Waals surface area contributed by atoms with E-state index in [1.807, 2.05) is 0 Å². The quantitative estimate of drug-likeness (QED) is 0.673. The van der Waals surface area contributed by atoms with Crippen LogP contribution in [0.2, 0.25) is 0 Å². The Kier molecular flexibility index (Phi) is 5.72. The molecule has 1 saturated carbocycles. The summed E-state index contributed by atoms with van der Waals surface area (Å²) in [6.45, 7) is 4.52. The predicted molar refractivity (Wildman–Crippen MR) is 77.9 cm³/mol. The highest BCUT2D eigenvalue weighted by molar-refractivity contribution is 5.73. The second-order valence-electron chi connectivity index (χ2n) is 6.83. The standard InChI is InChI=1S/C17H30O2/c1-3-4-16-12-11-15(17(18)19-16)10-9-14-7-5-13(2)6-8-14/h13-16H,3-12H2,1-2H3. The van der Waals surface area contributed by atoms with Crippen molar-refractivity contribution in [3.63, 3.8) is 0 Å². The molecule has 0 bridgehead atoms. The topological polar surface area (TPSA) is 26.3 Å². The van der Waals surface area contributed by atoms with E-state index >= 15 is 0 Å². The van der Waals surface area contributed by atoms with Crippen molar-refractivity contribution in [1.82, 2.24) is 0 Å². The van der Waals surface area contributed by atoms with E-state index in [0.29, 0.717) is 0 Å². The summed E-state index contributed by atoms with van der Waals surface area (Å²) in [5, 5.41) is 0. The van der Waals surface area contributed by atoms with Gasteiger partial charge in [-0.25, -0.2) is 0 Å². The Labute approximate surface area is 118 Å². The highest BCUT2D eigenvalue weighted by Crippen LogP contribution is 2.34. The summed E-state index contributed by atoms with van der Waals surface area (Å²) in [6.07, 6.45) is 12.4. The number of hydrogen-bond donors (Lipinski definition) is 0. The van der Waals surface area contributed by atoms with E-state index in [4.69, 9.17) is 4.74 Å². The van der Waals surface area contributed by atoms with Crippen molar-refractivity contribution in [3.05, 3.63) is 0 Å². The summed E-state index contributed by atoms with van der Waals surface area (Å²) in [4.78, 5) is 12.0. The third kappa shape index (κ3) is 4.50. The molecule has 0 aromatic carbocycles. The molecule has 2 unspecified atom stereocenters. The molecule has 0 radical (unpaired) electrons. The van der Waals surface area contributed by atoms with Crippen molar-refractivity contribution in [2.24, 2.45) is 17.8 Å². The number of esters is 1. The molecule has 2 atom stereocenters. The van der Waals surface area contributed by atoms with Gasteiger partial charge in [-0.05, 0) is 43.9 Å². The summed E-state index contributed by atoms with van der Waals surface area (Å²) in [5.41, 5.74) is 0. The van der Waals surface area contributed by atoms with Gasteiger partial charge in [0.2, 0.25) is 0 Å². The van der Waals surface area contributed by atoms with Crippen molar-refractivity contribution in [1.29, 1.82) is 0 Å². The minimum Gasteiger partial charge on any atom is -0.462 e. The number of hydrogen-bond acceptors (Lipinski definition) is 2. The van der Waals surface area contributed by atoms with E-state index in [2.05, 4.69) is 13.8 Å². The van der Waals surface area contributed by atoms with Gasteiger partial charge in [-0.3, -0.25) is 4.79 Å². The lowest BCUT2D eigenvalue weighted by Gasteiger charge is -2.30. The molecule has 0 amide bonds. The van der Waals surface area contributed by atoms with E-state index in [1.54, 1.807) is 0 Å². The molecule has 2 heteroatoms. The van der Waals surface area contributed by atoms with Gasteiger partial charge in [-0.15, -0.1) is 0 Å². The second kappa shape index (κ2) is 7.31. The summed E-state index contributed by atoms with van der Waals surface area (Å²) in [5.74, 6) is 2.09. The fourth-order valence-corrected chi connectivity index (χ4v) is 3.67. The first kappa shape index (κ1) is 14.9. The zero-order valence-corrected chi connectivity index (χ0v) is 12.7. The van der Waals surface area contributed by atoms with Gasteiger partial charge in [0.25, 0.3) is 0 Å². The molecule has 1 aliphatic carbocycles. The Morgan fingerprint density at radius 1 is 1.00 bits per heavy atom. The lowest BCUT2D eigenvalue weighted by molar-refractivity contribution is -0.161. The van der Waals surface area contributed by atoms with Gasteiger partial charge in [-0.1, -0.05) is 46.0 Å². The van der Waals surface area contributed by atoms with Crippen LogP contribution in [0.5, 0.6) is 0 Å². The van der Waals surface area contributed by atoms with Crippen molar-refractivity contribution in [2.75, 3.05) is 0 Å². The molecule has 19 heavy (non-hydrogen) atoms. The average molecular weight is 266 g/mol. The van der Waals surface area contributed by atoms with Crippen LogP contribution < -0.4 is 0 Å². The fraction of sp³-hybridized carbons (Fsp3) is 0.941. The Morgan fingerprint density at radius 2 is 1.74 bits per heavy atom. The van der Waals surface area contributed by atoms with Gasteiger partial charge in [0, 0.05) is 0 Å². The van der Waals surface area contributed by atoms with Gasteiger partial charge in [0.05, 0.1) is 5.92 Å². The van der Waals surface area contributed by atoms with Crippen LogP contribution in [0.1, 0.15) is 78.1 Å². The van der Waals surface area contributed by atoms with E-state index in [1.165, 1.54) is 32.1 Å². The molecule has 0 N–H and O–H groups in total. The number of cyclic esters (lactones) is 1. The van der Waals surface area contributed by atoms with Crippen LogP contribution in [0.25, 0.3) is 0 Å². The zero-order chi connectivity index (χ0) is 13.7. The van der Waals surface area contributed by atoms with Crippen LogP contribution in [0.3, 0.4) is 0 Å². The fourth-order valence-electron chi connectivity index (χ4n) is 3.67. The Bertz CT molecular complexity index is 279. The van der Waals surface area contributed by atoms with Crippen molar-refractivity contribution in [2.45, 2.75) is 84.2 Å². The Hall–Kier alpha value is -0.530. The van der Waals surface area contributed by atoms with Gasteiger partial charge in [0.15, 0.2) is 0 Å². The van der Waals surface area contributed by atoms with E-state index in [0.717, 1.165) is 43.9 Å². The maximum atomic E-state index is 12.0. The van der Waals surface area contributed by atoms with Gasteiger partial charge in [0.1, 0.15) is 6.10 Å². The number of ether oxygens (including phenoxy) is 1. The molecule has 0 spiro atoms. The zero-order valence-electron chi connectivity index (χ0n) is 12.7. The lowest BCUT2D eigenvalue weighted by atomic mass is 9.79. The molecule has 0 aromatic rings. The molecule has 1 saturated heterocycles. The maximum absolute atomic E-state index is 12.0. The van der Waals surface area contributed by atoms with Crippen LogP contribution in [-0.2, 0) is 9.53 Å². The second-order valence-corrected chi connectivity index (χ2v) is 6.83. The van der Waals surface area contributed by atoms with Gasteiger partial charge < -0.3 is 4.74 Å². The van der Waals surface area contributed by atoms with Crippen LogP contribution >= 0.6 is 0 Å². The third-order valence-corrected chi connectivity index (χ3v) is 5.12. The van der Waals surface area contributed by atoms with Gasteiger partial charge >= 0.3 is 5.97 Å². The molecule has 110 valence electrons. The van der Waals surface area contributed by atoms with Crippen molar-refractivity contribution >= 4 is 5.97 Å².